The molecule has 98 valence electrons. The molecule has 1 heterocycles. The third kappa shape index (κ3) is 5.39. The first-order chi connectivity index (χ1) is 8.13. The molecule has 0 spiro atoms. The predicted octanol–water partition coefficient (Wildman–Crippen LogP) is 1.52. The predicted molar refractivity (Wildman–Crippen MR) is 68.0 cm³/mol. The molecule has 0 saturated carbocycles. The van der Waals surface area contributed by atoms with Crippen molar-refractivity contribution in [3.63, 3.8) is 0 Å². The third-order valence-corrected chi connectivity index (χ3v) is 3.36. The minimum Gasteiger partial charge on any atom is -0.353 e. The second kappa shape index (κ2) is 7.54. The van der Waals surface area contributed by atoms with Crippen LogP contribution in [-0.4, -0.2) is 41.7 Å². The van der Waals surface area contributed by atoms with Gasteiger partial charge in [-0.2, -0.15) is 0 Å². The Morgan fingerprint density at radius 1 is 1.29 bits per heavy atom. The van der Waals surface area contributed by atoms with E-state index in [0.717, 1.165) is 38.8 Å². The third-order valence-electron chi connectivity index (χ3n) is 3.09. The molecule has 0 bridgehead atoms. The molecule has 0 atom stereocenters. The minimum atomic E-state index is 0.108. The molecule has 0 aromatic carbocycles. The zero-order valence-corrected chi connectivity index (χ0v) is 11.1. The maximum atomic E-state index is 11.6. The first-order valence-electron chi connectivity index (χ1n) is 6.24. The molecule has 1 saturated heterocycles. The number of hydrogen-bond donors (Lipinski definition) is 1. The van der Waals surface area contributed by atoms with E-state index in [4.69, 9.17) is 11.6 Å². The summed E-state index contributed by atoms with van der Waals surface area (Å²) in [5.41, 5.74) is 0. The lowest BCUT2D eigenvalue weighted by molar-refractivity contribution is -0.130. The number of halogens is 1. The summed E-state index contributed by atoms with van der Waals surface area (Å²) in [6, 6.07) is 0.231. The summed E-state index contributed by atoms with van der Waals surface area (Å²) >= 11 is 5.55. The highest BCUT2D eigenvalue weighted by Gasteiger charge is 2.21. The number of rotatable bonds is 5. The van der Waals surface area contributed by atoms with Crippen molar-refractivity contribution in [1.29, 1.82) is 0 Å². The van der Waals surface area contributed by atoms with Gasteiger partial charge in [0.05, 0.1) is 0 Å². The summed E-state index contributed by atoms with van der Waals surface area (Å²) in [4.78, 5) is 24.5. The maximum absolute atomic E-state index is 11.6. The number of nitrogens with zero attached hydrogens (tertiary/aromatic N) is 1. The summed E-state index contributed by atoms with van der Waals surface area (Å²) in [6.45, 7) is 3.09. The number of carbonyl (C=O) groups excluding carboxylic acids is 2. The van der Waals surface area contributed by atoms with Crippen LogP contribution in [0.2, 0.25) is 0 Å². The molecule has 5 heteroatoms. The Labute approximate surface area is 108 Å². The molecule has 1 fully saturated rings. The highest BCUT2D eigenvalue weighted by Crippen LogP contribution is 2.10. The van der Waals surface area contributed by atoms with Gasteiger partial charge in [-0.25, -0.2) is 0 Å². The van der Waals surface area contributed by atoms with E-state index in [1.54, 1.807) is 6.92 Å². The van der Waals surface area contributed by atoms with E-state index >= 15 is 0 Å². The normalized spacial score (nSPS) is 16.9. The topological polar surface area (TPSA) is 49.4 Å². The average molecular weight is 261 g/mol. The van der Waals surface area contributed by atoms with Crippen LogP contribution in [0, 0.1) is 0 Å². The Kier molecular flexibility index (Phi) is 6.34. The lowest BCUT2D eigenvalue weighted by atomic mass is 10.0. The number of unbranched alkanes of at least 4 members (excludes halogenated alkanes) is 1. The van der Waals surface area contributed by atoms with Crippen LogP contribution in [-0.2, 0) is 9.59 Å². The molecule has 1 aliphatic rings. The number of amides is 2. The number of likely N-dealkylation sites (tertiary alicyclic amines) is 1. The molecule has 0 aromatic rings. The summed E-state index contributed by atoms with van der Waals surface area (Å²) < 4.78 is 0. The van der Waals surface area contributed by atoms with Crippen molar-refractivity contribution in [1.82, 2.24) is 10.2 Å². The minimum absolute atomic E-state index is 0.108. The van der Waals surface area contributed by atoms with Gasteiger partial charge in [0.15, 0.2) is 0 Å². The summed E-state index contributed by atoms with van der Waals surface area (Å²) in [5, 5.41) is 3.02. The van der Waals surface area contributed by atoms with E-state index in [9.17, 15) is 9.59 Å². The molecule has 0 aliphatic carbocycles. The van der Waals surface area contributed by atoms with Gasteiger partial charge < -0.3 is 10.2 Å². The van der Waals surface area contributed by atoms with Crippen molar-refractivity contribution in [2.24, 2.45) is 0 Å². The van der Waals surface area contributed by atoms with Crippen LogP contribution in [0.25, 0.3) is 0 Å². The van der Waals surface area contributed by atoms with E-state index in [2.05, 4.69) is 5.32 Å². The Balaban J connectivity index is 2.17. The van der Waals surface area contributed by atoms with Crippen LogP contribution >= 0.6 is 11.6 Å². The fourth-order valence-corrected chi connectivity index (χ4v) is 2.21. The highest BCUT2D eigenvalue weighted by atomic mass is 35.5. The quantitative estimate of drug-likeness (QED) is 0.602. The largest absolute Gasteiger partial charge is 0.353 e. The van der Waals surface area contributed by atoms with Crippen LogP contribution in [0.15, 0.2) is 0 Å². The fourth-order valence-electron chi connectivity index (χ4n) is 2.02. The number of nitrogens with one attached hydrogen (secondary N) is 1. The zero-order chi connectivity index (χ0) is 12.7. The molecule has 1 aliphatic heterocycles. The summed E-state index contributed by atoms with van der Waals surface area (Å²) in [5.74, 6) is 0.845. The molecule has 17 heavy (non-hydrogen) atoms. The van der Waals surface area contributed by atoms with Crippen LogP contribution in [0.1, 0.15) is 39.0 Å². The smallest absolute Gasteiger partial charge is 0.220 e. The molecular weight excluding hydrogens is 240 g/mol. The first-order valence-corrected chi connectivity index (χ1v) is 6.77. The molecule has 0 radical (unpaired) electrons. The Morgan fingerprint density at radius 2 is 1.94 bits per heavy atom. The molecular formula is C12H21ClN2O2. The van der Waals surface area contributed by atoms with Crippen molar-refractivity contribution in [3.05, 3.63) is 0 Å². The Hall–Kier alpha value is -0.770. The second-order valence-corrected chi connectivity index (χ2v) is 4.87. The molecule has 2 amide bonds. The van der Waals surface area contributed by atoms with Gasteiger partial charge >= 0.3 is 0 Å². The van der Waals surface area contributed by atoms with Gasteiger partial charge in [0.2, 0.25) is 11.8 Å². The van der Waals surface area contributed by atoms with E-state index in [0.29, 0.717) is 12.3 Å². The zero-order valence-electron chi connectivity index (χ0n) is 10.4. The number of carbonyl (C=O) groups is 2. The van der Waals surface area contributed by atoms with Gasteiger partial charge in [0.1, 0.15) is 0 Å². The van der Waals surface area contributed by atoms with Crippen molar-refractivity contribution in [3.8, 4) is 0 Å². The van der Waals surface area contributed by atoms with Crippen molar-refractivity contribution < 1.29 is 9.59 Å². The standard InChI is InChI=1S/C12H21ClN2O2/c1-10(16)15-8-5-11(6-9-15)14-12(17)4-2-3-7-13/h11H,2-9H2,1H3,(H,14,17). The molecule has 1 N–H and O–H groups in total. The SMILES string of the molecule is CC(=O)N1CCC(NC(=O)CCCCCl)CC1. The number of piperidine rings is 1. The van der Waals surface area contributed by atoms with Crippen molar-refractivity contribution in [2.75, 3.05) is 19.0 Å². The van der Waals surface area contributed by atoms with Gasteiger partial charge in [-0.3, -0.25) is 9.59 Å². The van der Waals surface area contributed by atoms with Crippen LogP contribution in [0.4, 0.5) is 0 Å². The van der Waals surface area contributed by atoms with Gasteiger partial charge in [-0.15, -0.1) is 11.6 Å². The fraction of sp³-hybridized carbons (Fsp3) is 0.833. The van der Waals surface area contributed by atoms with E-state index in [1.807, 2.05) is 4.90 Å². The van der Waals surface area contributed by atoms with Crippen molar-refractivity contribution in [2.45, 2.75) is 45.1 Å². The Bertz CT molecular complexity index is 263. The Morgan fingerprint density at radius 3 is 2.47 bits per heavy atom. The lowest BCUT2D eigenvalue weighted by Crippen LogP contribution is -2.45. The number of alkyl halides is 1. The summed E-state index contributed by atoms with van der Waals surface area (Å²) in [6.07, 6.45) is 4.01. The molecule has 0 aromatic heterocycles. The molecule has 4 nitrogen and oxygen atoms in total. The van der Waals surface area contributed by atoms with Crippen LogP contribution in [0.3, 0.4) is 0 Å². The van der Waals surface area contributed by atoms with Crippen LogP contribution < -0.4 is 5.32 Å². The monoisotopic (exact) mass is 260 g/mol. The van der Waals surface area contributed by atoms with Gasteiger partial charge in [-0.05, 0) is 25.7 Å². The average Bonchev–Trinajstić information content (AvgIpc) is 2.30. The van der Waals surface area contributed by atoms with Gasteiger partial charge in [0.25, 0.3) is 0 Å². The first kappa shape index (κ1) is 14.3. The lowest BCUT2D eigenvalue weighted by Gasteiger charge is -2.31. The number of hydrogen-bond acceptors (Lipinski definition) is 2. The van der Waals surface area contributed by atoms with E-state index in [1.165, 1.54) is 0 Å². The molecule has 0 unspecified atom stereocenters. The van der Waals surface area contributed by atoms with Crippen LogP contribution in [0.5, 0.6) is 0 Å². The van der Waals surface area contributed by atoms with Gasteiger partial charge in [-0.1, -0.05) is 0 Å². The summed E-state index contributed by atoms with van der Waals surface area (Å²) in [7, 11) is 0. The molecule has 1 rings (SSSR count). The van der Waals surface area contributed by atoms with E-state index < -0.39 is 0 Å². The van der Waals surface area contributed by atoms with E-state index in [-0.39, 0.29) is 17.9 Å². The van der Waals surface area contributed by atoms with Gasteiger partial charge in [0, 0.05) is 38.4 Å². The highest BCUT2D eigenvalue weighted by molar-refractivity contribution is 6.17. The maximum Gasteiger partial charge on any atom is 0.220 e. The second-order valence-electron chi connectivity index (χ2n) is 4.49. The van der Waals surface area contributed by atoms with Crippen molar-refractivity contribution >= 4 is 23.4 Å².